The lowest BCUT2D eigenvalue weighted by Crippen LogP contribution is -2.44. The Labute approximate surface area is 174 Å². The van der Waals surface area contributed by atoms with Crippen LogP contribution in [-0.4, -0.2) is 65.3 Å². The monoisotopic (exact) mass is 417 g/mol. The van der Waals surface area contributed by atoms with Gasteiger partial charge in [-0.25, -0.2) is 14.6 Å². The van der Waals surface area contributed by atoms with Crippen LogP contribution in [0.1, 0.15) is 25.5 Å². The number of carboxylic acids is 2. The number of rotatable bonds is 5. The molecule has 1 fully saturated rings. The number of likely N-dealkylation sites (N-methyl/N-ethyl adjacent to an activating group) is 1. The van der Waals surface area contributed by atoms with Gasteiger partial charge in [-0.15, -0.1) is 0 Å². The summed E-state index contributed by atoms with van der Waals surface area (Å²) in [6.07, 6.45) is 1.12. The molecule has 0 aliphatic carbocycles. The number of hydrogen-bond acceptors (Lipinski definition) is 6. The molecule has 3 rings (SSSR count). The topological polar surface area (TPSA) is 94.0 Å². The molecule has 1 aliphatic rings. The van der Waals surface area contributed by atoms with Gasteiger partial charge < -0.3 is 20.0 Å². The molecular weight excluding hydrogens is 390 g/mol. The molecule has 0 radical (unpaired) electrons. The van der Waals surface area contributed by atoms with Gasteiger partial charge in [-0.3, -0.25) is 0 Å². The molecule has 8 heteroatoms. The fourth-order valence-electron chi connectivity index (χ4n) is 2.77. The van der Waals surface area contributed by atoms with Gasteiger partial charge in [0.25, 0.3) is 0 Å². The highest BCUT2D eigenvalue weighted by Crippen LogP contribution is 2.29. The number of carboxylic acid groups (broad SMARTS) is 2. The van der Waals surface area contributed by atoms with Crippen LogP contribution >= 0.6 is 11.3 Å². The van der Waals surface area contributed by atoms with Gasteiger partial charge in [0, 0.05) is 44.0 Å². The minimum Gasteiger partial charge on any atom is -0.478 e. The van der Waals surface area contributed by atoms with Crippen LogP contribution in [0.25, 0.3) is 11.1 Å². The number of anilines is 1. The maximum atomic E-state index is 9.55. The summed E-state index contributed by atoms with van der Waals surface area (Å²) in [5.74, 6) is -0.926. The predicted molar refractivity (Wildman–Crippen MR) is 116 cm³/mol. The molecule has 7 nitrogen and oxygen atoms in total. The number of aromatic nitrogens is 1. The van der Waals surface area contributed by atoms with E-state index < -0.39 is 11.9 Å². The number of thiophene rings is 1. The number of pyridine rings is 1. The zero-order chi connectivity index (χ0) is 21.4. The van der Waals surface area contributed by atoms with Crippen LogP contribution in [0.2, 0.25) is 0 Å². The summed E-state index contributed by atoms with van der Waals surface area (Å²) in [6, 6.07) is 6.68. The van der Waals surface area contributed by atoms with Crippen LogP contribution in [0.5, 0.6) is 0 Å². The van der Waals surface area contributed by atoms with E-state index in [-0.39, 0.29) is 0 Å². The number of aliphatic carboxylic acids is 2. The first kappa shape index (κ1) is 22.6. The Kier molecular flexibility index (Phi) is 8.35. The lowest BCUT2D eigenvalue weighted by atomic mass is 10.0. The van der Waals surface area contributed by atoms with Gasteiger partial charge in [-0.2, -0.15) is 11.3 Å². The van der Waals surface area contributed by atoms with Crippen molar-refractivity contribution in [1.29, 1.82) is 0 Å². The maximum Gasteiger partial charge on any atom is 0.328 e. The van der Waals surface area contributed by atoms with Crippen molar-refractivity contribution in [2.45, 2.75) is 19.8 Å². The molecule has 0 amide bonds. The van der Waals surface area contributed by atoms with Gasteiger partial charge in [-0.05, 0) is 53.1 Å². The van der Waals surface area contributed by atoms with Crippen molar-refractivity contribution in [2.75, 3.05) is 38.1 Å². The highest BCUT2D eigenvalue weighted by atomic mass is 32.1. The molecule has 0 atom stereocenters. The van der Waals surface area contributed by atoms with Crippen LogP contribution in [-0.2, 0) is 9.59 Å². The number of hydrogen-bond donors (Lipinski definition) is 2. The van der Waals surface area contributed by atoms with Crippen molar-refractivity contribution < 1.29 is 19.8 Å². The molecule has 3 heterocycles. The van der Waals surface area contributed by atoms with Crippen molar-refractivity contribution in [3.8, 4) is 11.1 Å². The van der Waals surface area contributed by atoms with Crippen molar-refractivity contribution in [3.05, 3.63) is 46.8 Å². The summed E-state index contributed by atoms with van der Waals surface area (Å²) in [5.41, 5.74) is 3.79. The van der Waals surface area contributed by atoms with E-state index in [2.05, 4.69) is 59.7 Å². The first-order valence-electron chi connectivity index (χ1n) is 9.38. The molecule has 0 unspecified atom stereocenters. The Morgan fingerprint density at radius 1 is 1.07 bits per heavy atom. The second-order valence-electron chi connectivity index (χ2n) is 7.11. The Hall–Kier alpha value is -2.71. The predicted octanol–water partition coefficient (Wildman–Crippen LogP) is 3.40. The molecule has 0 spiro atoms. The van der Waals surface area contributed by atoms with Crippen LogP contribution < -0.4 is 4.90 Å². The van der Waals surface area contributed by atoms with Crippen molar-refractivity contribution in [1.82, 2.24) is 9.88 Å². The van der Waals surface area contributed by atoms with Crippen molar-refractivity contribution in [3.63, 3.8) is 0 Å². The standard InChI is InChI=1S/C17H23N3S.C4H4O4/c1-13(2)16-10-15(14-4-9-21-12-14)11-17(18-16)20-7-5-19(3)6-8-20;5-3(6)1-2-4(7)8/h4,9-13H,5-8H2,1-3H3;1-2H,(H,5,6)(H,7,8). The molecule has 1 saturated heterocycles. The van der Waals surface area contributed by atoms with Gasteiger partial charge in [0.15, 0.2) is 0 Å². The molecule has 2 aromatic rings. The largest absolute Gasteiger partial charge is 0.478 e. The first-order chi connectivity index (χ1) is 13.8. The number of carbonyl (C=O) groups is 2. The second-order valence-corrected chi connectivity index (χ2v) is 7.89. The number of piperazine rings is 1. The minimum atomic E-state index is -1.26. The third-order valence-electron chi connectivity index (χ3n) is 4.47. The van der Waals surface area contributed by atoms with Gasteiger partial charge in [-0.1, -0.05) is 13.8 Å². The van der Waals surface area contributed by atoms with E-state index >= 15 is 0 Å². The van der Waals surface area contributed by atoms with Crippen LogP contribution in [0.4, 0.5) is 5.82 Å². The van der Waals surface area contributed by atoms with Crippen LogP contribution in [0, 0.1) is 0 Å². The fourth-order valence-corrected chi connectivity index (χ4v) is 3.43. The third-order valence-corrected chi connectivity index (χ3v) is 5.16. The fraction of sp³-hybridized carbons (Fsp3) is 0.381. The molecule has 0 saturated carbocycles. The van der Waals surface area contributed by atoms with Gasteiger partial charge in [0.2, 0.25) is 0 Å². The van der Waals surface area contributed by atoms with E-state index in [0.29, 0.717) is 18.1 Å². The van der Waals surface area contributed by atoms with E-state index in [0.717, 1.165) is 32.0 Å². The summed E-state index contributed by atoms with van der Waals surface area (Å²) >= 11 is 1.75. The summed E-state index contributed by atoms with van der Waals surface area (Å²) in [4.78, 5) is 28.8. The minimum absolute atomic E-state index is 0.454. The van der Waals surface area contributed by atoms with Crippen molar-refractivity contribution in [2.24, 2.45) is 0 Å². The first-order valence-corrected chi connectivity index (χ1v) is 10.3. The lowest BCUT2D eigenvalue weighted by Gasteiger charge is -2.33. The molecule has 156 valence electrons. The summed E-state index contributed by atoms with van der Waals surface area (Å²) < 4.78 is 0. The normalized spacial score (nSPS) is 14.7. The van der Waals surface area contributed by atoms with E-state index in [1.807, 2.05) is 0 Å². The van der Waals surface area contributed by atoms with Crippen LogP contribution in [0.3, 0.4) is 0 Å². The van der Waals surface area contributed by atoms with E-state index in [9.17, 15) is 9.59 Å². The SMILES string of the molecule is CC(C)c1cc(-c2ccsc2)cc(N2CCN(C)CC2)n1.O=C(O)C=CC(=O)O. The summed E-state index contributed by atoms with van der Waals surface area (Å²) in [5, 5.41) is 20.0. The maximum absolute atomic E-state index is 9.55. The quantitative estimate of drug-likeness (QED) is 0.720. The Morgan fingerprint density at radius 3 is 2.17 bits per heavy atom. The molecule has 2 aromatic heterocycles. The second kappa shape index (κ2) is 10.7. The lowest BCUT2D eigenvalue weighted by molar-refractivity contribution is -0.134. The third kappa shape index (κ3) is 7.32. The molecular formula is C21H27N3O4S. The summed E-state index contributed by atoms with van der Waals surface area (Å²) in [7, 11) is 2.19. The molecule has 0 aromatic carbocycles. The van der Waals surface area contributed by atoms with Crippen LogP contribution in [0.15, 0.2) is 41.1 Å². The molecule has 0 bridgehead atoms. The van der Waals surface area contributed by atoms with Crippen molar-refractivity contribution >= 4 is 29.1 Å². The molecule has 1 aliphatic heterocycles. The van der Waals surface area contributed by atoms with Gasteiger partial charge in [0.1, 0.15) is 5.82 Å². The smallest absolute Gasteiger partial charge is 0.328 e. The van der Waals surface area contributed by atoms with E-state index in [1.165, 1.54) is 16.8 Å². The highest BCUT2D eigenvalue weighted by molar-refractivity contribution is 7.08. The Bertz CT molecular complexity index is 826. The number of nitrogens with zero attached hydrogens (tertiary/aromatic N) is 3. The van der Waals surface area contributed by atoms with Gasteiger partial charge in [0.05, 0.1) is 0 Å². The van der Waals surface area contributed by atoms with Gasteiger partial charge >= 0.3 is 11.9 Å². The average molecular weight is 418 g/mol. The summed E-state index contributed by atoms with van der Waals surface area (Å²) in [6.45, 7) is 8.78. The Morgan fingerprint density at radius 2 is 1.69 bits per heavy atom. The van der Waals surface area contributed by atoms with E-state index in [1.54, 1.807) is 11.3 Å². The molecule has 29 heavy (non-hydrogen) atoms. The highest BCUT2D eigenvalue weighted by Gasteiger charge is 2.17. The zero-order valence-corrected chi connectivity index (χ0v) is 17.7. The molecule has 2 N–H and O–H groups in total. The Balaban J connectivity index is 0.000000321. The van der Waals surface area contributed by atoms with E-state index in [4.69, 9.17) is 15.2 Å². The zero-order valence-electron chi connectivity index (χ0n) is 16.9. The average Bonchev–Trinajstić information content (AvgIpc) is 3.22.